The van der Waals surface area contributed by atoms with E-state index in [4.69, 9.17) is 9.47 Å². The topological polar surface area (TPSA) is 105 Å². The van der Waals surface area contributed by atoms with Crippen LogP contribution in [0.2, 0.25) is 0 Å². The van der Waals surface area contributed by atoms with E-state index < -0.39 is 28.5 Å². The Hall–Kier alpha value is -4.05. The van der Waals surface area contributed by atoms with E-state index in [0.29, 0.717) is 17.9 Å². The second kappa shape index (κ2) is 13.3. The van der Waals surface area contributed by atoms with Gasteiger partial charge in [-0.2, -0.15) is 0 Å². The summed E-state index contributed by atoms with van der Waals surface area (Å²) >= 11 is 0. The monoisotopic (exact) mass is 567 g/mol. The molecule has 3 aromatic carbocycles. The van der Waals surface area contributed by atoms with Gasteiger partial charge in [-0.05, 0) is 50.1 Å². The molecule has 0 aromatic heterocycles. The largest absolute Gasteiger partial charge is 0.493 e. The summed E-state index contributed by atoms with van der Waals surface area (Å²) in [5, 5.41) is 2.63. The number of hydrogen-bond acceptors (Lipinski definition) is 6. The number of hydrogen-bond donors (Lipinski definition) is 1. The van der Waals surface area contributed by atoms with Crippen molar-refractivity contribution >= 4 is 27.5 Å². The maximum atomic E-state index is 14.0. The van der Waals surface area contributed by atoms with Crippen molar-refractivity contribution in [1.82, 2.24) is 10.2 Å². The van der Waals surface area contributed by atoms with Crippen LogP contribution < -0.4 is 19.1 Å². The van der Waals surface area contributed by atoms with E-state index >= 15 is 0 Å². The molecule has 1 unspecified atom stereocenters. The first kappa shape index (κ1) is 30.5. The molecule has 0 radical (unpaired) electrons. The maximum Gasteiger partial charge on any atom is 0.264 e. The number of amides is 2. The lowest BCUT2D eigenvalue weighted by Crippen LogP contribution is -2.51. The Balaban J connectivity index is 2.08. The molecule has 0 aliphatic heterocycles. The molecule has 1 atom stereocenters. The quantitative estimate of drug-likeness (QED) is 0.354. The highest BCUT2D eigenvalue weighted by Gasteiger charge is 2.33. The van der Waals surface area contributed by atoms with Crippen LogP contribution in [0.3, 0.4) is 0 Å². The van der Waals surface area contributed by atoms with E-state index in [0.717, 1.165) is 21.0 Å². The summed E-state index contributed by atoms with van der Waals surface area (Å²) in [5.41, 5.74) is 3.14. The predicted molar refractivity (Wildman–Crippen MR) is 155 cm³/mol. The number of rotatable bonds is 12. The minimum absolute atomic E-state index is 0.0676. The van der Waals surface area contributed by atoms with Crippen molar-refractivity contribution in [3.63, 3.8) is 0 Å². The van der Waals surface area contributed by atoms with Crippen LogP contribution in [-0.4, -0.2) is 59.0 Å². The first-order chi connectivity index (χ1) is 19.0. The Morgan fingerprint density at radius 1 is 0.875 bits per heavy atom. The molecule has 2 amide bonds. The third-order valence-corrected chi connectivity index (χ3v) is 8.42. The van der Waals surface area contributed by atoms with E-state index in [9.17, 15) is 18.0 Å². The van der Waals surface area contributed by atoms with Crippen LogP contribution in [-0.2, 0) is 26.2 Å². The van der Waals surface area contributed by atoms with Crippen LogP contribution in [0.4, 0.5) is 5.69 Å². The number of carbonyl (C=O) groups excluding carboxylic acids is 2. The molecule has 0 fully saturated rings. The van der Waals surface area contributed by atoms with Gasteiger partial charge in [-0.25, -0.2) is 8.42 Å². The van der Waals surface area contributed by atoms with Gasteiger partial charge in [-0.15, -0.1) is 0 Å². The van der Waals surface area contributed by atoms with E-state index in [2.05, 4.69) is 5.32 Å². The van der Waals surface area contributed by atoms with Crippen molar-refractivity contribution in [3.8, 4) is 11.5 Å². The summed E-state index contributed by atoms with van der Waals surface area (Å²) < 4.78 is 39.7. The summed E-state index contributed by atoms with van der Waals surface area (Å²) in [4.78, 5) is 28.2. The lowest BCUT2D eigenvalue weighted by molar-refractivity contribution is -0.140. The number of carbonyl (C=O) groups is 2. The van der Waals surface area contributed by atoms with Crippen molar-refractivity contribution in [1.29, 1.82) is 0 Å². The van der Waals surface area contributed by atoms with E-state index in [-0.39, 0.29) is 23.1 Å². The highest BCUT2D eigenvalue weighted by atomic mass is 32.2. The minimum atomic E-state index is -4.24. The molecule has 3 rings (SSSR count). The van der Waals surface area contributed by atoms with Gasteiger partial charge in [0.1, 0.15) is 12.6 Å². The number of benzene rings is 3. The fourth-order valence-corrected chi connectivity index (χ4v) is 5.75. The zero-order chi connectivity index (χ0) is 29.4. The minimum Gasteiger partial charge on any atom is -0.493 e. The Bertz CT molecular complexity index is 1420. The number of nitrogens with one attached hydrogen (secondary N) is 1. The molecule has 0 aliphatic rings. The molecular weight excluding hydrogens is 530 g/mol. The number of nitrogens with zero attached hydrogens (tertiary/aromatic N) is 2. The Kier molecular flexibility index (Phi) is 10.2. The van der Waals surface area contributed by atoms with Crippen LogP contribution in [0.1, 0.15) is 30.0 Å². The Morgan fingerprint density at radius 2 is 1.45 bits per heavy atom. The third-order valence-electron chi connectivity index (χ3n) is 6.65. The summed E-state index contributed by atoms with van der Waals surface area (Å²) in [6, 6.07) is 18.0. The van der Waals surface area contributed by atoms with Crippen LogP contribution in [0.25, 0.3) is 0 Å². The van der Waals surface area contributed by atoms with Gasteiger partial charge in [0.15, 0.2) is 11.5 Å². The number of sulfonamides is 1. The first-order valence-corrected chi connectivity index (χ1v) is 14.4. The first-order valence-electron chi connectivity index (χ1n) is 12.9. The second-order valence-corrected chi connectivity index (χ2v) is 11.3. The summed E-state index contributed by atoms with van der Waals surface area (Å²) in [7, 11) is 0.153. The summed E-state index contributed by atoms with van der Waals surface area (Å²) in [6.45, 7) is 5.29. The van der Waals surface area contributed by atoms with Gasteiger partial charge in [-0.1, -0.05) is 54.4 Å². The van der Waals surface area contributed by atoms with Crippen molar-refractivity contribution in [2.45, 2.75) is 44.7 Å². The molecule has 40 heavy (non-hydrogen) atoms. The lowest BCUT2D eigenvalue weighted by atomic mass is 10.1. The van der Waals surface area contributed by atoms with Gasteiger partial charge in [0, 0.05) is 19.7 Å². The highest BCUT2D eigenvalue weighted by molar-refractivity contribution is 7.92. The summed E-state index contributed by atoms with van der Waals surface area (Å²) in [6.07, 6.45) is 0.351. The number of aryl methyl sites for hydroxylation is 2. The van der Waals surface area contributed by atoms with Gasteiger partial charge < -0.3 is 19.7 Å². The molecule has 1 N–H and O–H groups in total. The van der Waals surface area contributed by atoms with Gasteiger partial charge in [-0.3, -0.25) is 13.9 Å². The smallest absolute Gasteiger partial charge is 0.264 e. The lowest BCUT2D eigenvalue weighted by Gasteiger charge is -2.33. The number of likely N-dealkylation sites (N-methyl/N-ethyl adjacent to an activating group) is 1. The SMILES string of the molecule is CCC(C(=O)NC)N(Cc1ccc(C)cc1)C(=O)CN(c1ccc(C)cc1)S(=O)(=O)c1ccc(OC)c(OC)c1. The molecule has 0 saturated heterocycles. The average Bonchev–Trinajstić information content (AvgIpc) is 2.96. The maximum absolute atomic E-state index is 14.0. The molecule has 0 spiro atoms. The molecule has 9 nitrogen and oxygen atoms in total. The van der Waals surface area contributed by atoms with Crippen LogP contribution in [0.5, 0.6) is 11.5 Å². The standard InChI is InChI=1S/C30H37N3O6S/c1-7-26(30(35)31-4)32(19-23-12-8-21(2)9-13-23)29(34)20-33(24-14-10-22(3)11-15-24)40(36,37)25-16-17-27(38-5)28(18-25)39-6/h8-18,26H,7,19-20H2,1-6H3,(H,31,35). The molecule has 214 valence electrons. The van der Waals surface area contributed by atoms with Crippen molar-refractivity contribution in [2.75, 3.05) is 32.1 Å². The summed E-state index contributed by atoms with van der Waals surface area (Å²) in [5.74, 6) is -0.223. The second-order valence-electron chi connectivity index (χ2n) is 9.41. The van der Waals surface area contributed by atoms with Gasteiger partial charge in [0.2, 0.25) is 11.8 Å². The van der Waals surface area contributed by atoms with Gasteiger partial charge in [0.25, 0.3) is 10.0 Å². The molecule has 0 heterocycles. The number of anilines is 1. The molecule has 0 saturated carbocycles. The average molecular weight is 568 g/mol. The Labute approximate surface area is 236 Å². The van der Waals surface area contributed by atoms with Crippen LogP contribution >= 0.6 is 0 Å². The normalized spacial score (nSPS) is 11.8. The Morgan fingerprint density at radius 3 is 1.98 bits per heavy atom. The number of ether oxygens (including phenoxy) is 2. The highest BCUT2D eigenvalue weighted by Crippen LogP contribution is 2.32. The van der Waals surface area contributed by atoms with Gasteiger partial charge in [0.05, 0.1) is 24.8 Å². The molecule has 0 bridgehead atoms. The van der Waals surface area contributed by atoms with E-state index in [1.165, 1.54) is 44.4 Å². The van der Waals surface area contributed by atoms with Gasteiger partial charge >= 0.3 is 0 Å². The molecule has 0 aliphatic carbocycles. The molecular formula is C30H37N3O6S. The molecule has 10 heteroatoms. The zero-order valence-corrected chi connectivity index (χ0v) is 24.6. The zero-order valence-electron chi connectivity index (χ0n) is 23.8. The predicted octanol–water partition coefficient (Wildman–Crippen LogP) is 4.07. The fraction of sp³-hybridized carbons (Fsp3) is 0.333. The van der Waals surface area contributed by atoms with Crippen molar-refractivity contribution in [2.24, 2.45) is 0 Å². The van der Waals surface area contributed by atoms with E-state index in [1.54, 1.807) is 24.3 Å². The van der Waals surface area contributed by atoms with Crippen LogP contribution in [0, 0.1) is 13.8 Å². The fourth-order valence-electron chi connectivity index (χ4n) is 4.32. The van der Waals surface area contributed by atoms with E-state index in [1.807, 2.05) is 45.0 Å². The van der Waals surface area contributed by atoms with Crippen LogP contribution in [0.15, 0.2) is 71.6 Å². The third kappa shape index (κ3) is 6.93. The van der Waals surface area contributed by atoms with Crippen molar-refractivity contribution < 1.29 is 27.5 Å². The van der Waals surface area contributed by atoms with Crippen molar-refractivity contribution in [3.05, 3.63) is 83.4 Å². The molecule has 3 aromatic rings. The number of methoxy groups -OCH3 is 2.